The summed E-state index contributed by atoms with van der Waals surface area (Å²) in [6.07, 6.45) is 1.33. The maximum absolute atomic E-state index is 12.3. The number of carbonyl (C=O) groups excluding carboxylic acids is 1. The van der Waals surface area contributed by atoms with Crippen LogP contribution in [-0.2, 0) is 12.8 Å². The maximum atomic E-state index is 12.3. The highest BCUT2D eigenvalue weighted by molar-refractivity contribution is 6.31. The van der Waals surface area contributed by atoms with Crippen LogP contribution >= 0.6 is 11.6 Å². The number of anilines is 1. The van der Waals surface area contributed by atoms with Crippen LogP contribution in [0.3, 0.4) is 0 Å². The summed E-state index contributed by atoms with van der Waals surface area (Å²) in [6, 6.07) is 12.4. The number of benzene rings is 2. The molecule has 6 heteroatoms. The van der Waals surface area contributed by atoms with E-state index in [0.717, 1.165) is 17.5 Å². The van der Waals surface area contributed by atoms with Gasteiger partial charge in [-0.3, -0.25) is 0 Å². The number of hydrogen-bond donors (Lipinski definition) is 3. The molecule has 24 heavy (non-hydrogen) atoms. The SMILES string of the molecule is O=C(Nc1cc(Cl)cc2c1OCC2)N[C@H](CO)Cc1ccccc1. The molecule has 0 bridgehead atoms. The van der Waals surface area contributed by atoms with Crippen molar-refractivity contribution in [1.29, 1.82) is 0 Å². The van der Waals surface area contributed by atoms with Crippen LogP contribution in [0.5, 0.6) is 5.75 Å². The van der Waals surface area contributed by atoms with Gasteiger partial charge >= 0.3 is 6.03 Å². The predicted octanol–water partition coefficient (Wildman–Crippen LogP) is 3.00. The minimum absolute atomic E-state index is 0.146. The average Bonchev–Trinajstić information content (AvgIpc) is 3.03. The van der Waals surface area contributed by atoms with Gasteiger partial charge in [0.25, 0.3) is 0 Å². The number of fused-ring (bicyclic) bond motifs is 1. The second-order valence-electron chi connectivity index (χ2n) is 5.71. The first-order valence-electron chi connectivity index (χ1n) is 7.83. The molecule has 0 aromatic heterocycles. The highest BCUT2D eigenvalue weighted by Gasteiger charge is 2.20. The molecular formula is C18H19ClN2O3. The molecule has 0 saturated heterocycles. The second kappa shape index (κ2) is 7.55. The standard InChI is InChI=1S/C18H19ClN2O3/c19-14-9-13-6-7-24-17(13)16(10-14)21-18(23)20-15(11-22)8-12-4-2-1-3-5-12/h1-5,9-10,15,22H,6-8,11H2,(H2,20,21,23)/t15-/m0/s1. The molecule has 3 N–H and O–H groups in total. The first kappa shape index (κ1) is 16.6. The molecule has 1 aliphatic heterocycles. The van der Waals surface area contributed by atoms with E-state index in [-0.39, 0.29) is 12.6 Å². The molecule has 0 unspecified atom stereocenters. The lowest BCUT2D eigenvalue weighted by molar-refractivity contribution is 0.224. The van der Waals surface area contributed by atoms with Gasteiger partial charge in [0, 0.05) is 17.0 Å². The Labute approximate surface area is 145 Å². The Morgan fingerprint density at radius 2 is 2.08 bits per heavy atom. The molecule has 2 amide bonds. The van der Waals surface area contributed by atoms with Crippen molar-refractivity contribution in [2.75, 3.05) is 18.5 Å². The molecule has 2 aromatic carbocycles. The largest absolute Gasteiger partial charge is 0.491 e. The second-order valence-corrected chi connectivity index (χ2v) is 6.14. The number of urea groups is 1. The van der Waals surface area contributed by atoms with Crippen molar-refractivity contribution in [3.05, 3.63) is 58.6 Å². The van der Waals surface area contributed by atoms with Crippen molar-refractivity contribution in [2.24, 2.45) is 0 Å². The third-order valence-electron chi connectivity index (χ3n) is 3.88. The number of aliphatic hydroxyl groups is 1. The van der Waals surface area contributed by atoms with Gasteiger partial charge in [-0.25, -0.2) is 4.79 Å². The van der Waals surface area contributed by atoms with E-state index in [1.165, 1.54) is 0 Å². The molecule has 0 saturated carbocycles. The van der Waals surface area contributed by atoms with E-state index in [4.69, 9.17) is 16.3 Å². The average molecular weight is 347 g/mol. The molecule has 3 rings (SSSR count). The highest BCUT2D eigenvalue weighted by atomic mass is 35.5. The molecule has 0 spiro atoms. The fourth-order valence-electron chi connectivity index (χ4n) is 2.77. The van der Waals surface area contributed by atoms with Crippen LogP contribution in [0.25, 0.3) is 0 Å². The lowest BCUT2D eigenvalue weighted by Crippen LogP contribution is -2.41. The van der Waals surface area contributed by atoms with Gasteiger partial charge in [-0.2, -0.15) is 0 Å². The Morgan fingerprint density at radius 1 is 1.29 bits per heavy atom. The minimum atomic E-state index is -0.398. The van der Waals surface area contributed by atoms with E-state index in [2.05, 4.69) is 10.6 Å². The molecule has 126 valence electrons. The van der Waals surface area contributed by atoms with E-state index in [0.29, 0.717) is 29.5 Å². The van der Waals surface area contributed by atoms with Gasteiger partial charge in [0.05, 0.1) is 24.9 Å². The first-order chi connectivity index (χ1) is 11.7. The summed E-state index contributed by atoms with van der Waals surface area (Å²) in [4.78, 5) is 12.3. The van der Waals surface area contributed by atoms with E-state index in [1.807, 2.05) is 36.4 Å². The summed E-state index contributed by atoms with van der Waals surface area (Å²) in [5, 5.41) is 15.6. The first-order valence-corrected chi connectivity index (χ1v) is 8.21. The number of carbonyl (C=O) groups is 1. The summed E-state index contributed by atoms with van der Waals surface area (Å²) in [5.74, 6) is 0.665. The Bertz CT molecular complexity index is 722. The molecule has 0 fully saturated rings. The molecule has 5 nitrogen and oxygen atoms in total. The van der Waals surface area contributed by atoms with Crippen LogP contribution in [0.2, 0.25) is 5.02 Å². The molecule has 1 atom stereocenters. The predicted molar refractivity (Wildman–Crippen MR) is 93.8 cm³/mol. The van der Waals surface area contributed by atoms with E-state index >= 15 is 0 Å². The fourth-order valence-corrected chi connectivity index (χ4v) is 3.01. The molecule has 1 aliphatic rings. The van der Waals surface area contributed by atoms with Crippen LogP contribution in [-0.4, -0.2) is 30.4 Å². The third kappa shape index (κ3) is 3.99. The Balaban J connectivity index is 1.65. The van der Waals surface area contributed by atoms with Crippen LogP contribution in [0.15, 0.2) is 42.5 Å². The zero-order valence-corrected chi connectivity index (χ0v) is 13.8. The summed E-state index contributed by atoms with van der Waals surface area (Å²) in [6.45, 7) is 0.436. The number of ether oxygens (including phenoxy) is 1. The normalized spacial score (nSPS) is 13.8. The van der Waals surface area contributed by atoms with E-state index in [9.17, 15) is 9.90 Å². The summed E-state index contributed by atoms with van der Waals surface area (Å²) < 4.78 is 5.56. The number of rotatable bonds is 5. The summed E-state index contributed by atoms with van der Waals surface area (Å²) in [7, 11) is 0. The lowest BCUT2D eigenvalue weighted by atomic mass is 10.1. The minimum Gasteiger partial charge on any atom is -0.491 e. The van der Waals surface area contributed by atoms with Gasteiger partial charge in [-0.15, -0.1) is 0 Å². The Kier molecular flexibility index (Phi) is 5.23. The topological polar surface area (TPSA) is 70.6 Å². The van der Waals surface area contributed by atoms with Gasteiger partial charge < -0.3 is 20.5 Å². The van der Waals surface area contributed by atoms with Crippen molar-refractivity contribution >= 4 is 23.3 Å². The van der Waals surface area contributed by atoms with Crippen molar-refractivity contribution in [1.82, 2.24) is 5.32 Å². The van der Waals surface area contributed by atoms with Crippen LogP contribution in [0.4, 0.5) is 10.5 Å². The van der Waals surface area contributed by atoms with Gasteiger partial charge in [-0.1, -0.05) is 41.9 Å². The number of hydrogen-bond acceptors (Lipinski definition) is 3. The molecule has 2 aromatic rings. The van der Waals surface area contributed by atoms with Crippen LogP contribution in [0.1, 0.15) is 11.1 Å². The number of aliphatic hydroxyl groups excluding tert-OH is 1. The zero-order chi connectivity index (χ0) is 16.9. The highest BCUT2D eigenvalue weighted by Crippen LogP contribution is 2.36. The Hall–Kier alpha value is -2.24. The van der Waals surface area contributed by atoms with Gasteiger partial charge in [0.1, 0.15) is 5.75 Å². The smallest absolute Gasteiger partial charge is 0.319 e. The maximum Gasteiger partial charge on any atom is 0.319 e. The summed E-state index contributed by atoms with van der Waals surface area (Å²) >= 11 is 6.09. The van der Waals surface area contributed by atoms with Gasteiger partial charge in [0.15, 0.2) is 0 Å². The molecular weight excluding hydrogens is 328 g/mol. The number of nitrogens with one attached hydrogen (secondary N) is 2. The lowest BCUT2D eigenvalue weighted by Gasteiger charge is -2.18. The van der Waals surface area contributed by atoms with Crippen molar-refractivity contribution in [3.8, 4) is 5.75 Å². The third-order valence-corrected chi connectivity index (χ3v) is 4.10. The van der Waals surface area contributed by atoms with Crippen molar-refractivity contribution < 1.29 is 14.6 Å². The number of halogens is 1. The van der Waals surface area contributed by atoms with E-state index < -0.39 is 6.03 Å². The Morgan fingerprint density at radius 3 is 2.83 bits per heavy atom. The van der Waals surface area contributed by atoms with Crippen LogP contribution < -0.4 is 15.4 Å². The van der Waals surface area contributed by atoms with Crippen LogP contribution in [0, 0.1) is 0 Å². The van der Waals surface area contributed by atoms with Crippen molar-refractivity contribution in [2.45, 2.75) is 18.9 Å². The molecule has 1 heterocycles. The van der Waals surface area contributed by atoms with Gasteiger partial charge in [-0.05, 0) is 24.1 Å². The molecule has 0 aliphatic carbocycles. The summed E-state index contributed by atoms with van der Waals surface area (Å²) in [5.41, 5.74) is 2.58. The zero-order valence-electron chi connectivity index (χ0n) is 13.1. The monoisotopic (exact) mass is 346 g/mol. The fraction of sp³-hybridized carbons (Fsp3) is 0.278. The molecule has 0 radical (unpaired) electrons. The quantitative estimate of drug-likeness (QED) is 0.779. The van der Waals surface area contributed by atoms with Crippen molar-refractivity contribution in [3.63, 3.8) is 0 Å². The van der Waals surface area contributed by atoms with E-state index in [1.54, 1.807) is 6.07 Å². The number of amides is 2. The van der Waals surface area contributed by atoms with Gasteiger partial charge in [0.2, 0.25) is 0 Å².